The molecule has 0 spiro atoms. The van der Waals surface area contributed by atoms with Gasteiger partial charge in [-0.25, -0.2) is 18.4 Å². The number of carbonyl (C=O) groups is 2. The molecule has 3 rings (SSSR count). The average molecular weight is 506 g/mol. The first-order valence-corrected chi connectivity index (χ1v) is 12.3. The van der Waals surface area contributed by atoms with Crippen molar-refractivity contribution < 1.29 is 37.7 Å². The van der Waals surface area contributed by atoms with Gasteiger partial charge in [-0.15, -0.1) is 0 Å². The fourth-order valence-electron chi connectivity index (χ4n) is 4.26. The normalized spacial score (nSPS) is 14.4. The number of aliphatic carboxylic acids is 1. The maximum absolute atomic E-state index is 13.9. The van der Waals surface area contributed by atoms with Crippen LogP contribution in [0, 0.1) is 17.6 Å². The van der Waals surface area contributed by atoms with Gasteiger partial charge < -0.3 is 24.2 Å². The number of hydrogen-bond acceptors (Lipinski definition) is 5. The van der Waals surface area contributed by atoms with Gasteiger partial charge in [-0.1, -0.05) is 25.0 Å². The molecule has 1 amide bonds. The minimum Gasteiger partial charge on any atom is -0.492 e. The van der Waals surface area contributed by atoms with E-state index in [2.05, 4.69) is 0 Å². The molecule has 9 heteroatoms. The minimum atomic E-state index is -1.01. The number of hydrogen-bond donors (Lipinski definition) is 1. The lowest BCUT2D eigenvalue weighted by molar-refractivity contribution is -0.149. The molecule has 1 aliphatic carbocycles. The van der Waals surface area contributed by atoms with Gasteiger partial charge >= 0.3 is 12.1 Å². The largest absolute Gasteiger partial charge is 0.492 e. The summed E-state index contributed by atoms with van der Waals surface area (Å²) in [5.41, 5.74) is 0.916. The summed E-state index contributed by atoms with van der Waals surface area (Å²) in [7, 11) is 0. The van der Waals surface area contributed by atoms with E-state index in [0.29, 0.717) is 24.8 Å². The van der Waals surface area contributed by atoms with E-state index in [-0.39, 0.29) is 31.7 Å². The molecule has 1 unspecified atom stereocenters. The second-order valence-corrected chi connectivity index (χ2v) is 8.87. The zero-order valence-electron chi connectivity index (χ0n) is 20.5. The molecular formula is C27H33F2NO6. The molecule has 1 aliphatic rings. The van der Waals surface area contributed by atoms with Gasteiger partial charge in [-0.2, -0.15) is 0 Å². The monoisotopic (exact) mass is 505 g/mol. The molecule has 1 N–H and O–H groups in total. The highest BCUT2D eigenvalue weighted by atomic mass is 19.1. The summed E-state index contributed by atoms with van der Waals surface area (Å²) in [6.45, 7) is 2.82. The third-order valence-electron chi connectivity index (χ3n) is 6.20. The van der Waals surface area contributed by atoms with E-state index in [4.69, 9.17) is 14.2 Å². The van der Waals surface area contributed by atoms with Crippen LogP contribution in [0.4, 0.5) is 13.6 Å². The summed E-state index contributed by atoms with van der Waals surface area (Å²) in [6, 6.07) is 10.2. The topological polar surface area (TPSA) is 85.3 Å². The molecule has 1 saturated carbocycles. The van der Waals surface area contributed by atoms with Gasteiger partial charge in [-0.3, -0.25) is 0 Å². The van der Waals surface area contributed by atoms with E-state index in [9.17, 15) is 23.5 Å². The molecule has 1 atom stereocenters. The lowest BCUT2D eigenvalue weighted by Gasteiger charge is -2.25. The third kappa shape index (κ3) is 8.48. The number of nitrogens with zero attached hydrogens (tertiary/aromatic N) is 1. The maximum Gasteiger partial charge on any atom is 0.410 e. The first-order chi connectivity index (χ1) is 17.4. The number of carboxylic acid groups (broad SMARTS) is 1. The van der Waals surface area contributed by atoms with Crippen molar-refractivity contribution in [1.29, 1.82) is 0 Å². The van der Waals surface area contributed by atoms with Crippen molar-refractivity contribution in [3.05, 3.63) is 65.2 Å². The third-order valence-corrected chi connectivity index (χ3v) is 6.20. The van der Waals surface area contributed by atoms with Crippen LogP contribution in [-0.4, -0.2) is 54.5 Å². The van der Waals surface area contributed by atoms with Crippen molar-refractivity contribution in [2.45, 2.75) is 51.7 Å². The molecule has 0 saturated heterocycles. The first-order valence-electron chi connectivity index (χ1n) is 12.3. The summed E-state index contributed by atoms with van der Waals surface area (Å²) in [4.78, 5) is 25.6. The summed E-state index contributed by atoms with van der Waals surface area (Å²) < 4.78 is 43.4. The molecule has 196 valence electrons. The molecule has 36 heavy (non-hydrogen) atoms. The zero-order valence-corrected chi connectivity index (χ0v) is 20.5. The maximum atomic E-state index is 13.9. The van der Waals surface area contributed by atoms with Crippen molar-refractivity contribution in [3.63, 3.8) is 0 Å². The predicted molar refractivity (Wildman–Crippen MR) is 129 cm³/mol. The molecule has 0 aromatic heterocycles. The van der Waals surface area contributed by atoms with Gasteiger partial charge in [0.1, 0.15) is 30.6 Å². The first kappa shape index (κ1) is 27.4. The van der Waals surface area contributed by atoms with E-state index in [0.717, 1.165) is 43.4 Å². The van der Waals surface area contributed by atoms with Gasteiger partial charge in [0.15, 0.2) is 6.10 Å². The van der Waals surface area contributed by atoms with Crippen molar-refractivity contribution in [1.82, 2.24) is 4.90 Å². The smallest absolute Gasteiger partial charge is 0.410 e. The molecule has 0 heterocycles. The Bertz CT molecular complexity index is 994. The van der Waals surface area contributed by atoms with Crippen LogP contribution in [0.15, 0.2) is 42.5 Å². The Morgan fingerprint density at radius 1 is 1.11 bits per heavy atom. The van der Waals surface area contributed by atoms with Crippen LogP contribution in [-0.2, 0) is 27.3 Å². The van der Waals surface area contributed by atoms with Gasteiger partial charge in [-0.05, 0) is 55.5 Å². The Kier molecular flexibility index (Phi) is 10.5. The van der Waals surface area contributed by atoms with Crippen molar-refractivity contribution in [2.75, 3.05) is 26.3 Å². The van der Waals surface area contributed by atoms with Crippen LogP contribution >= 0.6 is 0 Å². The van der Waals surface area contributed by atoms with E-state index >= 15 is 0 Å². The Balaban J connectivity index is 1.53. The van der Waals surface area contributed by atoms with Crippen LogP contribution in [0.5, 0.6) is 5.75 Å². The number of ether oxygens (including phenoxy) is 3. The lowest BCUT2D eigenvalue weighted by Crippen LogP contribution is -2.38. The van der Waals surface area contributed by atoms with E-state index in [1.165, 1.54) is 6.07 Å². The Hall–Kier alpha value is -3.20. The molecule has 0 aliphatic heterocycles. The van der Waals surface area contributed by atoms with Crippen LogP contribution in [0.1, 0.15) is 43.7 Å². The predicted octanol–water partition coefficient (Wildman–Crippen LogP) is 5.20. The van der Waals surface area contributed by atoms with Crippen LogP contribution in [0.25, 0.3) is 0 Å². The van der Waals surface area contributed by atoms with E-state index < -0.39 is 29.8 Å². The average Bonchev–Trinajstić information content (AvgIpc) is 3.36. The second-order valence-electron chi connectivity index (χ2n) is 8.87. The van der Waals surface area contributed by atoms with Crippen molar-refractivity contribution >= 4 is 12.1 Å². The van der Waals surface area contributed by atoms with Gasteiger partial charge in [0, 0.05) is 31.2 Å². The number of rotatable bonds is 13. The summed E-state index contributed by atoms with van der Waals surface area (Å²) in [6.07, 6.45) is 3.11. The SMILES string of the molecule is CCOC(Cc1ccc(OCCN(CC2CCCC2)C(=O)OCc2ccc(F)cc2F)cc1)C(=O)O. The zero-order chi connectivity index (χ0) is 25.9. The van der Waals surface area contributed by atoms with Gasteiger partial charge in [0.2, 0.25) is 0 Å². The standard InChI is InChI=1S/C27H33F2NO6/c1-2-34-25(26(31)32)15-19-7-11-23(12-8-19)35-14-13-30(17-20-5-3-4-6-20)27(33)36-18-21-9-10-22(28)16-24(21)29/h7-12,16,20,25H,2-6,13-15,17-18H2,1H3,(H,31,32). The summed E-state index contributed by atoms with van der Waals surface area (Å²) >= 11 is 0. The molecule has 1 fully saturated rings. The highest BCUT2D eigenvalue weighted by Crippen LogP contribution is 2.26. The van der Waals surface area contributed by atoms with Gasteiger partial charge in [0.25, 0.3) is 0 Å². The molecule has 2 aromatic rings. The number of halogens is 2. The summed E-state index contributed by atoms with van der Waals surface area (Å²) in [5.74, 6) is -1.48. The van der Waals surface area contributed by atoms with Crippen molar-refractivity contribution in [3.8, 4) is 5.75 Å². The Morgan fingerprint density at radius 2 is 1.83 bits per heavy atom. The Morgan fingerprint density at radius 3 is 2.47 bits per heavy atom. The van der Waals surface area contributed by atoms with E-state index in [1.54, 1.807) is 36.1 Å². The van der Waals surface area contributed by atoms with Crippen LogP contribution < -0.4 is 4.74 Å². The fraction of sp³-hybridized carbons (Fsp3) is 0.481. The highest BCUT2D eigenvalue weighted by Gasteiger charge is 2.23. The molecular weight excluding hydrogens is 472 g/mol. The highest BCUT2D eigenvalue weighted by molar-refractivity contribution is 5.72. The molecule has 7 nitrogen and oxygen atoms in total. The molecule has 0 bridgehead atoms. The van der Waals surface area contributed by atoms with Crippen molar-refractivity contribution in [2.24, 2.45) is 5.92 Å². The lowest BCUT2D eigenvalue weighted by atomic mass is 10.1. The fourth-order valence-corrected chi connectivity index (χ4v) is 4.26. The minimum absolute atomic E-state index is 0.108. The number of carboxylic acids is 1. The van der Waals surface area contributed by atoms with E-state index in [1.807, 2.05) is 0 Å². The number of carbonyl (C=O) groups excluding carboxylic acids is 1. The van der Waals surface area contributed by atoms with Crippen LogP contribution in [0.2, 0.25) is 0 Å². The van der Waals surface area contributed by atoms with Gasteiger partial charge in [0.05, 0.1) is 6.54 Å². The number of amides is 1. The van der Waals surface area contributed by atoms with Crippen LogP contribution in [0.3, 0.4) is 0 Å². The number of benzene rings is 2. The molecule has 2 aromatic carbocycles. The summed E-state index contributed by atoms with van der Waals surface area (Å²) in [5, 5.41) is 9.24. The second kappa shape index (κ2) is 13.8. The quantitative estimate of drug-likeness (QED) is 0.403. The molecule has 0 radical (unpaired) electrons. The Labute approximate surface area is 210 Å².